The van der Waals surface area contributed by atoms with Crippen LogP contribution in [0.2, 0.25) is 0 Å². The Labute approximate surface area is 168 Å². The molecular formula is C21H35N3O4. The minimum Gasteiger partial charge on any atom is -0.491 e. The summed E-state index contributed by atoms with van der Waals surface area (Å²) in [6.45, 7) is 7.00. The van der Waals surface area contributed by atoms with Gasteiger partial charge in [0.05, 0.1) is 12.7 Å². The summed E-state index contributed by atoms with van der Waals surface area (Å²) in [7, 11) is 3.45. The minimum absolute atomic E-state index is 0.351. The van der Waals surface area contributed by atoms with Gasteiger partial charge in [-0.2, -0.15) is 0 Å². The van der Waals surface area contributed by atoms with Crippen LogP contribution >= 0.6 is 0 Å². The second-order valence-corrected chi connectivity index (χ2v) is 6.84. The fourth-order valence-corrected chi connectivity index (χ4v) is 2.95. The molecule has 7 heteroatoms. The van der Waals surface area contributed by atoms with E-state index in [1.807, 2.05) is 0 Å². The SMILES string of the molecule is CN=C(NCCCOC1CCOCC1)NCc1ccc(C)cc1OCCOC. The predicted molar refractivity (Wildman–Crippen MR) is 111 cm³/mol. The van der Waals surface area contributed by atoms with E-state index in [0.29, 0.717) is 25.9 Å². The molecule has 0 atom stereocenters. The van der Waals surface area contributed by atoms with E-state index in [-0.39, 0.29) is 0 Å². The fraction of sp³-hybridized carbons (Fsp3) is 0.667. The minimum atomic E-state index is 0.351. The van der Waals surface area contributed by atoms with E-state index in [2.05, 4.69) is 40.7 Å². The van der Waals surface area contributed by atoms with Crippen molar-refractivity contribution in [2.75, 3.05) is 53.7 Å². The van der Waals surface area contributed by atoms with Gasteiger partial charge in [-0.15, -0.1) is 0 Å². The molecule has 158 valence electrons. The van der Waals surface area contributed by atoms with E-state index in [1.54, 1.807) is 14.2 Å². The van der Waals surface area contributed by atoms with Gasteiger partial charge in [-0.1, -0.05) is 12.1 Å². The maximum Gasteiger partial charge on any atom is 0.191 e. The molecule has 1 heterocycles. The number of aryl methyl sites for hydroxylation is 1. The largest absolute Gasteiger partial charge is 0.491 e. The Morgan fingerprint density at radius 3 is 2.75 bits per heavy atom. The molecule has 0 aliphatic carbocycles. The van der Waals surface area contributed by atoms with Gasteiger partial charge in [-0.05, 0) is 37.8 Å². The Hall–Kier alpha value is -1.83. The molecular weight excluding hydrogens is 358 g/mol. The molecule has 0 spiro atoms. The molecule has 1 aromatic carbocycles. The molecule has 1 aliphatic rings. The number of nitrogens with one attached hydrogen (secondary N) is 2. The summed E-state index contributed by atoms with van der Waals surface area (Å²) in [6, 6.07) is 6.22. The first-order valence-electron chi connectivity index (χ1n) is 10.1. The van der Waals surface area contributed by atoms with Crippen molar-refractivity contribution in [2.24, 2.45) is 4.99 Å². The number of benzene rings is 1. The summed E-state index contributed by atoms with van der Waals surface area (Å²) in [6.07, 6.45) is 3.29. The van der Waals surface area contributed by atoms with E-state index < -0.39 is 0 Å². The highest BCUT2D eigenvalue weighted by Crippen LogP contribution is 2.20. The number of ether oxygens (including phenoxy) is 4. The molecule has 0 radical (unpaired) electrons. The molecule has 0 saturated carbocycles. The highest BCUT2D eigenvalue weighted by Gasteiger charge is 2.13. The number of guanidine groups is 1. The molecule has 2 rings (SSSR count). The molecule has 7 nitrogen and oxygen atoms in total. The molecule has 1 aliphatic heterocycles. The number of hydrogen-bond acceptors (Lipinski definition) is 5. The van der Waals surface area contributed by atoms with Gasteiger partial charge in [0.15, 0.2) is 5.96 Å². The second kappa shape index (κ2) is 13.4. The second-order valence-electron chi connectivity index (χ2n) is 6.84. The van der Waals surface area contributed by atoms with Gasteiger partial charge in [0, 0.05) is 52.6 Å². The van der Waals surface area contributed by atoms with E-state index >= 15 is 0 Å². The molecule has 0 amide bonds. The Bertz CT molecular complexity index is 589. The molecule has 28 heavy (non-hydrogen) atoms. The molecule has 0 aromatic heterocycles. The van der Waals surface area contributed by atoms with Gasteiger partial charge in [-0.3, -0.25) is 4.99 Å². The van der Waals surface area contributed by atoms with Crippen LogP contribution in [0.15, 0.2) is 23.2 Å². The van der Waals surface area contributed by atoms with Crippen LogP contribution in [0, 0.1) is 6.92 Å². The Balaban J connectivity index is 1.69. The van der Waals surface area contributed by atoms with Crippen molar-refractivity contribution >= 4 is 5.96 Å². The third kappa shape index (κ3) is 8.46. The zero-order valence-corrected chi connectivity index (χ0v) is 17.5. The summed E-state index contributed by atoms with van der Waals surface area (Å²) in [5.41, 5.74) is 2.26. The maximum atomic E-state index is 5.89. The zero-order chi connectivity index (χ0) is 20.0. The van der Waals surface area contributed by atoms with Crippen molar-refractivity contribution in [2.45, 2.75) is 38.8 Å². The summed E-state index contributed by atoms with van der Waals surface area (Å²) in [5, 5.41) is 6.68. The van der Waals surface area contributed by atoms with Crippen LogP contribution in [0.1, 0.15) is 30.4 Å². The normalized spacial score (nSPS) is 15.5. The van der Waals surface area contributed by atoms with Crippen molar-refractivity contribution in [3.05, 3.63) is 29.3 Å². The van der Waals surface area contributed by atoms with Crippen LogP contribution in [0.3, 0.4) is 0 Å². The van der Waals surface area contributed by atoms with Crippen LogP contribution in [-0.2, 0) is 20.8 Å². The number of rotatable bonds is 11. The van der Waals surface area contributed by atoms with Crippen molar-refractivity contribution in [3.8, 4) is 5.75 Å². The monoisotopic (exact) mass is 393 g/mol. The first-order valence-corrected chi connectivity index (χ1v) is 10.1. The summed E-state index contributed by atoms with van der Waals surface area (Å²) < 4.78 is 22.2. The first kappa shape index (κ1) is 22.5. The standard InChI is InChI=1S/C21H35N3O4/c1-17-5-6-18(20(15-17)28-14-13-25-3)16-24-21(22-2)23-9-4-10-27-19-7-11-26-12-8-19/h5-6,15,19H,4,7-14,16H2,1-3H3,(H2,22,23,24). The van der Waals surface area contributed by atoms with E-state index in [0.717, 1.165) is 62.9 Å². The Morgan fingerprint density at radius 2 is 2.00 bits per heavy atom. The molecule has 1 aromatic rings. The lowest BCUT2D eigenvalue weighted by molar-refractivity contribution is -0.0320. The van der Waals surface area contributed by atoms with Gasteiger partial charge >= 0.3 is 0 Å². The summed E-state index contributed by atoms with van der Waals surface area (Å²) in [4.78, 5) is 4.29. The van der Waals surface area contributed by atoms with Crippen LogP contribution in [0.4, 0.5) is 0 Å². The summed E-state index contributed by atoms with van der Waals surface area (Å²) >= 11 is 0. The van der Waals surface area contributed by atoms with Crippen LogP contribution in [-0.4, -0.2) is 65.8 Å². The van der Waals surface area contributed by atoms with Crippen LogP contribution in [0.25, 0.3) is 0 Å². The van der Waals surface area contributed by atoms with E-state index in [9.17, 15) is 0 Å². The van der Waals surface area contributed by atoms with Gasteiger partial charge in [0.1, 0.15) is 12.4 Å². The fourth-order valence-electron chi connectivity index (χ4n) is 2.95. The first-order chi connectivity index (χ1) is 13.7. The smallest absolute Gasteiger partial charge is 0.191 e. The van der Waals surface area contributed by atoms with Crippen molar-refractivity contribution in [1.82, 2.24) is 10.6 Å². The van der Waals surface area contributed by atoms with E-state index in [1.165, 1.54) is 5.56 Å². The number of hydrogen-bond donors (Lipinski definition) is 2. The highest BCUT2D eigenvalue weighted by atomic mass is 16.5. The number of methoxy groups -OCH3 is 1. The maximum absolute atomic E-state index is 5.89. The predicted octanol–water partition coefficient (Wildman–Crippen LogP) is 2.27. The van der Waals surface area contributed by atoms with E-state index in [4.69, 9.17) is 18.9 Å². The van der Waals surface area contributed by atoms with Gasteiger partial charge < -0.3 is 29.6 Å². The lowest BCUT2D eigenvalue weighted by atomic mass is 10.1. The quantitative estimate of drug-likeness (QED) is 0.341. The van der Waals surface area contributed by atoms with Gasteiger partial charge in [0.2, 0.25) is 0 Å². The number of aliphatic imine (C=N–C) groups is 1. The van der Waals surface area contributed by atoms with Gasteiger partial charge in [-0.25, -0.2) is 0 Å². The Morgan fingerprint density at radius 1 is 1.18 bits per heavy atom. The van der Waals surface area contributed by atoms with Crippen LogP contribution in [0.5, 0.6) is 5.75 Å². The molecule has 1 saturated heterocycles. The average Bonchev–Trinajstić information content (AvgIpc) is 2.72. The molecule has 1 fully saturated rings. The van der Waals surface area contributed by atoms with Crippen molar-refractivity contribution in [3.63, 3.8) is 0 Å². The third-order valence-electron chi connectivity index (χ3n) is 4.57. The van der Waals surface area contributed by atoms with Crippen molar-refractivity contribution < 1.29 is 18.9 Å². The topological polar surface area (TPSA) is 73.3 Å². The molecule has 0 bridgehead atoms. The number of nitrogens with zero attached hydrogens (tertiary/aromatic N) is 1. The Kier molecular flexibility index (Phi) is 10.7. The average molecular weight is 394 g/mol. The lowest BCUT2D eigenvalue weighted by Gasteiger charge is -2.22. The summed E-state index contributed by atoms with van der Waals surface area (Å²) in [5.74, 6) is 1.65. The van der Waals surface area contributed by atoms with Crippen LogP contribution < -0.4 is 15.4 Å². The lowest BCUT2D eigenvalue weighted by Crippen LogP contribution is -2.37. The third-order valence-corrected chi connectivity index (χ3v) is 4.57. The van der Waals surface area contributed by atoms with Crippen molar-refractivity contribution in [1.29, 1.82) is 0 Å². The molecule has 0 unspecified atom stereocenters. The highest BCUT2D eigenvalue weighted by molar-refractivity contribution is 5.79. The zero-order valence-electron chi connectivity index (χ0n) is 17.5. The molecule has 2 N–H and O–H groups in total. The van der Waals surface area contributed by atoms with Gasteiger partial charge in [0.25, 0.3) is 0 Å².